The number of hydrogen-bond acceptors (Lipinski definition) is 14. The summed E-state index contributed by atoms with van der Waals surface area (Å²) < 4.78 is 2.44. The zero-order valence-electron chi connectivity index (χ0n) is 35.7. The van der Waals surface area contributed by atoms with Crippen molar-refractivity contribution in [2.24, 2.45) is 0 Å². The van der Waals surface area contributed by atoms with Gasteiger partial charge in [0.05, 0.1) is 20.4 Å². The van der Waals surface area contributed by atoms with E-state index in [2.05, 4.69) is 96.1 Å². The maximum atomic E-state index is 5.45. The van der Waals surface area contributed by atoms with Crippen LogP contribution in [0.2, 0.25) is 0 Å². The summed E-state index contributed by atoms with van der Waals surface area (Å²) in [4.78, 5) is 39.1. The fourth-order valence-electron chi connectivity index (χ4n) is 9.48. The van der Waals surface area contributed by atoms with Crippen molar-refractivity contribution in [1.29, 1.82) is 0 Å². The van der Waals surface area contributed by atoms with Crippen LogP contribution in [0.4, 0.5) is 17.6 Å². The number of fused-ring (bicyclic) bond motifs is 2. The summed E-state index contributed by atoms with van der Waals surface area (Å²) in [6.45, 7) is 14.2. The van der Waals surface area contributed by atoms with E-state index in [0.717, 1.165) is 138 Å². The van der Waals surface area contributed by atoms with Crippen LogP contribution in [-0.2, 0) is 12.8 Å². The topological polar surface area (TPSA) is 114 Å². The molecular formula is C46H60N12S2. The Hall–Kier alpha value is -4.34. The minimum Gasteiger partial charge on any atom is -0.355 e. The zero-order chi connectivity index (χ0) is 41.0. The highest BCUT2D eigenvalue weighted by Crippen LogP contribution is 2.36. The molecule has 3 fully saturated rings. The van der Waals surface area contributed by atoms with Crippen LogP contribution in [0.3, 0.4) is 0 Å². The third kappa shape index (κ3) is 9.28. The van der Waals surface area contributed by atoms with Crippen molar-refractivity contribution in [2.45, 2.75) is 96.3 Å². The molecule has 2 unspecified atom stereocenters. The molecule has 0 spiro atoms. The fraction of sp³-hybridized carbons (Fsp3) is 0.522. The van der Waals surface area contributed by atoms with Gasteiger partial charge in [0.25, 0.3) is 0 Å². The fourth-order valence-corrected chi connectivity index (χ4v) is 11.5. The first-order valence-electron chi connectivity index (χ1n) is 22.1. The number of aryl methyl sites for hydroxylation is 5. The lowest BCUT2D eigenvalue weighted by molar-refractivity contribution is 0.155. The molecule has 14 heteroatoms. The highest BCUT2D eigenvalue weighted by Gasteiger charge is 2.35. The molecule has 2 atom stereocenters. The molecular weight excluding hydrogens is 785 g/mol. The van der Waals surface area contributed by atoms with Crippen LogP contribution in [0, 0.1) is 20.8 Å². The molecule has 9 rings (SSSR count). The molecule has 0 saturated carbocycles. The number of piperazine rings is 1. The molecule has 9 heterocycles. The number of piperidine rings is 2. The molecule has 0 bridgehead atoms. The van der Waals surface area contributed by atoms with Gasteiger partial charge in [-0.3, -0.25) is 14.9 Å². The second-order valence-corrected chi connectivity index (χ2v) is 19.0. The van der Waals surface area contributed by atoms with E-state index in [4.69, 9.17) is 19.9 Å². The molecule has 60 heavy (non-hydrogen) atoms. The smallest absolute Gasteiger partial charge is 0.228 e. The first-order valence-corrected chi connectivity index (χ1v) is 23.8. The average molecular weight is 845 g/mol. The summed E-state index contributed by atoms with van der Waals surface area (Å²) in [5.74, 6) is 3.96. The monoisotopic (exact) mass is 844 g/mol. The van der Waals surface area contributed by atoms with Gasteiger partial charge in [-0.15, -0.1) is 22.7 Å². The predicted molar refractivity (Wildman–Crippen MR) is 248 cm³/mol. The van der Waals surface area contributed by atoms with E-state index in [1.807, 2.05) is 31.7 Å². The minimum atomic E-state index is 0.303. The Morgan fingerprint density at radius 1 is 0.667 bits per heavy atom. The van der Waals surface area contributed by atoms with Gasteiger partial charge in [-0.05, 0) is 143 Å². The molecule has 6 aromatic heterocycles. The number of pyridine rings is 2. The van der Waals surface area contributed by atoms with Crippen LogP contribution in [0.25, 0.3) is 20.4 Å². The van der Waals surface area contributed by atoms with Gasteiger partial charge < -0.3 is 25.3 Å². The Morgan fingerprint density at radius 2 is 1.25 bits per heavy atom. The number of anilines is 3. The van der Waals surface area contributed by atoms with Gasteiger partial charge in [-0.1, -0.05) is 0 Å². The third-order valence-corrected chi connectivity index (χ3v) is 15.2. The second-order valence-electron chi connectivity index (χ2n) is 17.2. The maximum Gasteiger partial charge on any atom is 0.228 e. The van der Waals surface area contributed by atoms with Crippen molar-refractivity contribution in [3.05, 3.63) is 87.9 Å². The summed E-state index contributed by atoms with van der Waals surface area (Å²) in [5, 5.41) is 12.6. The number of likely N-dealkylation sites (N-methyl/N-ethyl adjacent to an activating group) is 1. The third-order valence-electron chi connectivity index (χ3n) is 13.0. The Labute approximate surface area is 362 Å². The highest BCUT2D eigenvalue weighted by atomic mass is 32.1. The molecule has 0 aromatic carbocycles. The summed E-state index contributed by atoms with van der Waals surface area (Å²) in [6.07, 6.45) is 16.3. The van der Waals surface area contributed by atoms with E-state index in [1.165, 1.54) is 31.7 Å². The molecule has 0 amide bonds. The second kappa shape index (κ2) is 18.7. The van der Waals surface area contributed by atoms with Crippen molar-refractivity contribution in [3.8, 4) is 0 Å². The van der Waals surface area contributed by atoms with Crippen LogP contribution in [0.5, 0.6) is 0 Å². The molecule has 12 nitrogen and oxygen atoms in total. The van der Waals surface area contributed by atoms with E-state index in [1.54, 1.807) is 22.7 Å². The van der Waals surface area contributed by atoms with Gasteiger partial charge in [0.2, 0.25) is 5.95 Å². The summed E-state index contributed by atoms with van der Waals surface area (Å²) in [6, 6.07) is 10.2. The van der Waals surface area contributed by atoms with E-state index < -0.39 is 0 Å². The van der Waals surface area contributed by atoms with E-state index in [9.17, 15) is 0 Å². The van der Waals surface area contributed by atoms with Crippen molar-refractivity contribution in [1.82, 2.24) is 45.4 Å². The highest BCUT2D eigenvalue weighted by molar-refractivity contribution is 7.18. The van der Waals surface area contributed by atoms with Gasteiger partial charge in [0, 0.05) is 94.8 Å². The summed E-state index contributed by atoms with van der Waals surface area (Å²) >= 11 is 3.57. The quantitative estimate of drug-likeness (QED) is 0.110. The number of nitrogens with one attached hydrogen (secondary N) is 2. The Morgan fingerprint density at radius 3 is 1.90 bits per heavy atom. The molecule has 3 aliphatic rings. The van der Waals surface area contributed by atoms with Crippen molar-refractivity contribution < 1.29 is 0 Å². The van der Waals surface area contributed by atoms with Gasteiger partial charge in [-0.2, -0.15) is 4.98 Å². The molecule has 6 aromatic rings. The van der Waals surface area contributed by atoms with Crippen molar-refractivity contribution >= 4 is 60.7 Å². The number of aromatic nitrogens is 6. The summed E-state index contributed by atoms with van der Waals surface area (Å²) in [5.41, 5.74) is 7.40. The predicted octanol–water partition coefficient (Wildman–Crippen LogP) is 6.98. The van der Waals surface area contributed by atoms with Crippen molar-refractivity contribution in [2.75, 3.05) is 74.1 Å². The van der Waals surface area contributed by atoms with Crippen LogP contribution >= 0.6 is 22.7 Å². The number of hydrogen-bond donors (Lipinski definition) is 2. The summed E-state index contributed by atoms with van der Waals surface area (Å²) in [7, 11) is 2.31. The zero-order valence-corrected chi connectivity index (χ0v) is 37.3. The van der Waals surface area contributed by atoms with E-state index in [0.29, 0.717) is 24.2 Å². The number of rotatable bonds is 14. The number of thiophene rings is 2. The van der Waals surface area contributed by atoms with Crippen LogP contribution in [0.1, 0.15) is 66.6 Å². The van der Waals surface area contributed by atoms with E-state index in [-0.39, 0.29) is 0 Å². The molecule has 3 saturated heterocycles. The van der Waals surface area contributed by atoms with Gasteiger partial charge in [0.15, 0.2) is 5.82 Å². The Bertz CT molecular complexity index is 2320. The largest absolute Gasteiger partial charge is 0.355 e. The number of nitrogens with zero attached hydrogens (tertiary/aromatic N) is 10. The molecule has 3 aliphatic heterocycles. The molecule has 0 aliphatic carbocycles. The Kier molecular flexibility index (Phi) is 12.8. The first-order chi connectivity index (χ1) is 29.4. The van der Waals surface area contributed by atoms with Crippen LogP contribution < -0.4 is 25.3 Å². The normalized spacial score (nSPS) is 19.2. The SMILES string of the molecule is Cc1nc(N2CCC(NC(CCc3ccncc3)C3CN(c4nc(N5CCC(NCCCc6ccncc6)CC5)c5scc(C)c5n4)CCN3C)CC2)c2scc(C)c2n1. The average Bonchev–Trinajstić information content (AvgIpc) is 3.85. The van der Waals surface area contributed by atoms with Crippen molar-refractivity contribution in [3.63, 3.8) is 0 Å². The lowest BCUT2D eigenvalue weighted by Gasteiger charge is -2.45. The van der Waals surface area contributed by atoms with Crippen LogP contribution in [-0.4, -0.2) is 118 Å². The lowest BCUT2D eigenvalue weighted by atomic mass is 9.94. The molecule has 2 N–H and O–H groups in total. The standard InChI is InChI=1S/C46H60N12S2/c1-31-29-59-42-40(31)50-33(3)51-44(42)56-24-15-37(16-25-56)52-38(8-7-35-11-20-48-21-12-35)39-28-58(27-26-55(39)4)46-53-41-32(2)30-60-43(41)45(54-46)57-22-13-36(14-23-57)49-17-5-6-34-9-18-47-19-10-34/h9-12,18-21,29-30,36-39,49,52H,5-8,13-17,22-28H2,1-4H3. The first kappa shape index (κ1) is 41.0. The Balaban J connectivity index is 0.885. The van der Waals surface area contributed by atoms with Gasteiger partial charge in [-0.25, -0.2) is 15.0 Å². The van der Waals surface area contributed by atoms with Gasteiger partial charge in [0.1, 0.15) is 11.6 Å². The molecule has 0 radical (unpaired) electrons. The van der Waals surface area contributed by atoms with Gasteiger partial charge >= 0.3 is 0 Å². The van der Waals surface area contributed by atoms with E-state index >= 15 is 0 Å². The maximum absolute atomic E-state index is 5.45. The lowest BCUT2D eigenvalue weighted by Crippen LogP contribution is -2.62. The van der Waals surface area contributed by atoms with Crippen LogP contribution in [0.15, 0.2) is 59.8 Å². The molecule has 316 valence electrons. The minimum absolute atomic E-state index is 0.303.